The number of thiazole rings is 1. The van der Waals surface area contributed by atoms with Crippen molar-refractivity contribution in [2.75, 3.05) is 6.54 Å². The Morgan fingerprint density at radius 2 is 1.81 bits per heavy atom. The number of benzene rings is 2. The molecule has 1 amide bonds. The zero-order valence-electron chi connectivity index (χ0n) is 14.3. The average Bonchev–Trinajstić information content (AvgIpc) is 3.28. The molecule has 5 nitrogen and oxygen atoms in total. The topological polar surface area (TPSA) is 59.5 Å². The fourth-order valence-corrected chi connectivity index (χ4v) is 4.10. The Balaban J connectivity index is 1.33. The van der Waals surface area contributed by atoms with E-state index >= 15 is 0 Å². The van der Waals surface area contributed by atoms with Crippen molar-refractivity contribution >= 4 is 33.5 Å². The van der Waals surface area contributed by atoms with E-state index in [0.29, 0.717) is 13.2 Å². The Morgan fingerprint density at radius 3 is 2.52 bits per heavy atom. The Labute approximate surface area is 165 Å². The van der Waals surface area contributed by atoms with Crippen molar-refractivity contribution in [3.63, 3.8) is 0 Å². The van der Waals surface area contributed by atoms with Crippen molar-refractivity contribution in [1.82, 2.24) is 9.88 Å². The number of hydrogen-bond donors (Lipinski definition) is 0. The lowest BCUT2D eigenvalue weighted by Gasteiger charge is -2.13. The summed E-state index contributed by atoms with van der Waals surface area (Å²) < 4.78 is 5.81. The van der Waals surface area contributed by atoms with Gasteiger partial charge in [0.2, 0.25) is 5.12 Å². The summed E-state index contributed by atoms with van der Waals surface area (Å²) in [5.74, 6) is 0.744. The maximum absolute atomic E-state index is 11.7. The standard InChI is InChI=1S/C20H16N2O3S2/c23-19-11-22(20(24)27-19)10-14-6-8-16(9-7-14)25-12-18-21-17(13-26-18)15-4-2-1-3-5-15/h1-9,13H,10-12H2. The molecule has 1 saturated heterocycles. The first-order valence-corrected chi connectivity index (χ1v) is 10.1. The number of ether oxygens (including phenoxy) is 1. The molecular weight excluding hydrogens is 380 g/mol. The summed E-state index contributed by atoms with van der Waals surface area (Å²) in [5.41, 5.74) is 3.02. The van der Waals surface area contributed by atoms with E-state index in [4.69, 9.17) is 4.74 Å². The molecule has 0 unspecified atom stereocenters. The van der Waals surface area contributed by atoms with Crippen molar-refractivity contribution in [2.24, 2.45) is 0 Å². The van der Waals surface area contributed by atoms with Crippen molar-refractivity contribution in [1.29, 1.82) is 0 Å². The van der Waals surface area contributed by atoms with Gasteiger partial charge in [-0.25, -0.2) is 4.98 Å². The van der Waals surface area contributed by atoms with Gasteiger partial charge in [-0.1, -0.05) is 42.5 Å². The average molecular weight is 396 g/mol. The molecule has 0 saturated carbocycles. The first-order chi connectivity index (χ1) is 13.2. The minimum atomic E-state index is -0.182. The minimum Gasteiger partial charge on any atom is -0.486 e. The molecule has 2 heterocycles. The van der Waals surface area contributed by atoms with Crippen LogP contribution in [0, 0.1) is 0 Å². The zero-order chi connectivity index (χ0) is 18.6. The van der Waals surface area contributed by atoms with Crippen LogP contribution in [0.3, 0.4) is 0 Å². The molecule has 0 bridgehead atoms. The summed E-state index contributed by atoms with van der Waals surface area (Å²) in [7, 11) is 0. The second-order valence-electron chi connectivity index (χ2n) is 6.02. The van der Waals surface area contributed by atoms with E-state index in [1.54, 1.807) is 16.2 Å². The maximum atomic E-state index is 11.7. The highest BCUT2D eigenvalue weighted by atomic mass is 32.2. The van der Waals surface area contributed by atoms with Gasteiger partial charge in [-0.3, -0.25) is 9.59 Å². The molecule has 0 atom stereocenters. The molecule has 4 rings (SSSR count). The van der Waals surface area contributed by atoms with Crippen LogP contribution in [0.5, 0.6) is 5.75 Å². The summed E-state index contributed by atoms with van der Waals surface area (Å²) in [4.78, 5) is 29.1. The van der Waals surface area contributed by atoms with Gasteiger partial charge in [-0.2, -0.15) is 0 Å². The zero-order valence-corrected chi connectivity index (χ0v) is 16.0. The highest BCUT2D eigenvalue weighted by Gasteiger charge is 2.28. The SMILES string of the molecule is O=C1CN(Cc2ccc(OCc3nc(-c4ccccc4)cs3)cc2)C(=O)S1. The minimum absolute atomic E-state index is 0.0988. The smallest absolute Gasteiger partial charge is 0.290 e. The molecule has 0 spiro atoms. The van der Waals surface area contributed by atoms with Crippen LogP contribution in [0.2, 0.25) is 0 Å². The molecule has 136 valence electrons. The first kappa shape index (κ1) is 17.8. The van der Waals surface area contributed by atoms with Crippen LogP contribution in [0.4, 0.5) is 4.79 Å². The van der Waals surface area contributed by atoms with Crippen molar-refractivity contribution < 1.29 is 14.3 Å². The molecule has 7 heteroatoms. The molecule has 27 heavy (non-hydrogen) atoms. The molecule has 1 aliphatic heterocycles. The number of amides is 1. The van der Waals surface area contributed by atoms with Crippen molar-refractivity contribution in [3.8, 4) is 17.0 Å². The van der Waals surface area contributed by atoms with Crippen LogP contribution in [0.1, 0.15) is 10.6 Å². The normalized spacial score (nSPS) is 14.0. The molecule has 0 aliphatic carbocycles. The third-order valence-electron chi connectivity index (χ3n) is 4.06. The van der Waals surface area contributed by atoms with Crippen molar-refractivity contribution in [3.05, 3.63) is 70.5 Å². The molecule has 1 aromatic heterocycles. The second kappa shape index (κ2) is 7.94. The lowest BCUT2D eigenvalue weighted by atomic mass is 10.2. The van der Waals surface area contributed by atoms with E-state index in [0.717, 1.165) is 39.3 Å². The van der Waals surface area contributed by atoms with E-state index in [2.05, 4.69) is 4.98 Å². The van der Waals surface area contributed by atoms with Crippen LogP contribution in [0.15, 0.2) is 60.0 Å². The largest absolute Gasteiger partial charge is 0.486 e. The van der Waals surface area contributed by atoms with Gasteiger partial charge in [0.25, 0.3) is 5.24 Å². The van der Waals surface area contributed by atoms with Crippen LogP contribution in [-0.2, 0) is 17.9 Å². The predicted molar refractivity (Wildman–Crippen MR) is 107 cm³/mol. The molecule has 0 radical (unpaired) electrons. The summed E-state index contributed by atoms with van der Waals surface area (Å²) in [6.45, 7) is 1.02. The number of carbonyl (C=O) groups is 2. The number of rotatable bonds is 6. The van der Waals surface area contributed by atoms with Gasteiger partial charge in [0, 0.05) is 29.3 Å². The Hall–Kier alpha value is -2.64. The highest BCUT2D eigenvalue weighted by molar-refractivity contribution is 8.26. The van der Waals surface area contributed by atoms with E-state index in [1.807, 2.05) is 60.0 Å². The Kier molecular flexibility index (Phi) is 5.22. The fourth-order valence-electron chi connectivity index (χ4n) is 2.71. The lowest BCUT2D eigenvalue weighted by molar-refractivity contribution is -0.110. The van der Waals surface area contributed by atoms with Crippen LogP contribution < -0.4 is 4.74 Å². The van der Waals surface area contributed by atoms with Gasteiger partial charge in [0.05, 0.1) is 12.2 Å². The summed E-state index contributed by atoms with van der Waals surface area (Å²) in [5, 5.41) is 2.66. The molecule has 3 aromatic rings. The summed E-state index contributed by atoms with van der Waals surface area (Å²) >= 11 is 2.35. The molecule has 1 fully saturated rings. The number of thioether (sulfide) groups is 1. The van der Waals surface area contributed by atoms with Crippen LogP contribution in [-0.4, -0.2) is 26.8 Å². The number of aromatic nitrogens is 1. The van der Waals surface area contributed by atoms with E-state index in [-0.39, 0.29) is 16.9 Å². The predicted octanol–water partition coefficient (Wildman–Crippen LogP) is 4.58. The van der Waals surface area contributed by atoms with Crippen LogP contribution in [0.25, 0.3) is 11.3 Å². The van der Waals surface area contributed by atoms with Crippen molar-refractivity contribution in [2.45, 2.75) is 13.2 Å². The van der Waals surface area contributed by atoms with Gasteiger partial charge in [0.1, 0.15) is 17.4 Å². The lowest BCUT2D eigenvalue weighted by Crippen LogP contribution is -2.23. The third kappa shape index (κ3) is 4.37. The summed E-state index contributed by atoms with van der Waals surface area (Å²) in [6, 6.07) is 17.6. The van der Waals surface area contributed by atoms with Crippen LogP contribution >= 0.6 is 23.1 Å². The third-order valence-corrected chi connectivity index (χ3v) is 5.67. The van der Waals surface area contributed by atoms with Gasteiger partial charge < -0.3 is 9.64 Å². The van der Waals surface area contributed by atoms with Gasteiger partial charge in [-0.05, 0) is 17.7 Å². The molecule has 1 aliphatic rings. The second-order valence-corrected chi connectivity index (χ2v) is 7.97. The molecular formula is C20H16N2O3S2. The quantitative estimate of drug-likeness (QED) is 0.610. The van der Waals surface area contributed by atoms with Gasteiger partial charge in [0.15, 0.2) is 0 Å². The Bertz CT molecular complexity index is 955. The number of hydrogen-bond acceptors (Lipinski definition) is 6. The van der Waals surface area contributed by atoms with Gasteiger partial charge >= 0.3 is 0 Å². The highest BCUT2D eigenvalue weighted by Crippen LogP contribution is 2.24. The van der Waals surface area contributed by atoms with E-state index < -0.39 is 0 Å². The molecule has 0 N–H and O–H groups in total. The van der Waals surface area contributed by atoms with E-state index in [1.165, 1.54) is 0 Å². The number of carbonyl (C=O) groups excluding carboxylic acids is 2. The maximum Gasteiger partial charge on any atom is 0.290 e. The molecule has 2 aromatic carbocycles. The van der Waals surface area contributed by atoms with Gasteiger partial charge in [-0.15, -0.1) is 11.3 Å². The Morgan fingerprint density at radius 1 is 1.04 bits per heavy atom. The monoisotopic (exact) mass is 396 g/mol. The fraction of sp³-hybridized carbons (Fsp3) is 0.150. The van der Waals surface area contributed by atoms with E-state index in [9.17, 15) is 9.59 Å². The number of nitrogens with zero attached hydrogens (tertiary/aromatic N) is 2. The first-order valence-electron chi connectivity index (χ1n) is 8.38. The summed E-state index contributed by atoms with van der Waals surface area (Å²) in [6.07, 6.45) is 0.